The molecule has 1 saturated heterocycles. The SMILES string of the molecule is CCOc1ccccc1/C=C/C(=O)c1ccc(OCC(=O)N2CCOCC2)cc1. The molecule has 6 nitrogen and oxygen atoms in total. The van der Waals surface area contributed by atoms with Gasteiger partial charge in [-0.15, -0.1) is 0 Å². The number of rotatable bonds is 8. The Morgan fingerprint density at radius 2 is 1.76 bits per heavy atom. The molecule has 0 aliphatic carbocycles. The number of hydrogen-bond acceptors (Lipinski definition) is 5. The zero-order valence-electron chi connectivity index (χ0n) is 16.5. The summed E-state index contributed by atoms with van der Waals surface area (Å²) in [7, 11) is 0. The molecule has 0 atom stereocenters. The first-order valence-corrected chi connectivity index (χ1v) is 9.70. The van der Waals surface area contributed by atoms with Crippen molar-refractivity contribution in [2.24, 2.45) is 0 Å². The van der Waals surface area contributed by atoms with Crippen LogP contribution in [0.5, 0.6) is 11.5 Å². The molecule has 1 aliphatic heterocycles. The van der Waals surface area contributed by atoms with Gasteiger partial charge in [-0.1, -0.05) is 18.2 Å². The molecular formula is C23H25NO5. The Kier molecular flexibility index (Phi) is 7.41. The second-order valence-electron chi connectivity index (χ2n) is 6.47. The van der Waals surface area contributed by atoms with Crippen LogP contribution in [0.25, 0.3) is 6.08 Å². The molecule has 0 radical (unpaired) electrons. The van der Waals surface area contributed by atoms with Crippen molar-refractivity contribution in [3.05, 3.63) is 65.7 Å². The highest BCUT2D eigenvalue weighted by Crippen LogP contribution is 2.20. The number of ether oxygens (including phenoxy) is 3. The van der Waals surface area contributed by atoms with Gasteiger partial charge in [-0.2, -0.15) is 0 Å². The van der Waals surface area contributed by atoms with Gasteiger partial charge in [-0.05, 0) is 49.4 Å². The molecule has 2 aromatic carbocycles. The van der Waals surface area contributed by atoms with Crippen molar-refractivity contribution in [3.8, 4) is 11.5 Å². The van der Waals surface area contributed by atoms with E-state index >= 15 is 0 Å². The van der Waals surface area contributed by atoms with Crippen molar-refractivity contribution in [1.29, 1.82) is 0 Å². The predicted octanol–water partition coefficient (Wildman–Crippen LogP) is 3.22. The summed E-state index contributed by atoms with van der Waals surface area (Å²) in [5, 5.41) is 0. The second-order valence-corrected chi connectivity index (χ2v) is 6.47. The molecule has 152 valence electrons. The fraction of sp³-hybridized carbons (Fsp3) is 0.304. The van der Waals surface area contributed by atoms with Gasteiger partial charge in [0.2, 0.25) is 0 Å². The Labute approximate surface area is 170 Å². The summed E-state index contributed by atoms with van der Waals surface area (Å²) in [5.74, 6) is 1.11. The van der Waals surface area contributed by atoms with Crippen LogP contribution in [0.3, 0.4) is 0 Å². The van der Waals surface area contributed by atoms with E-state index in [0.717, 1.165) is 11.3 Å². The maximum atomic E-state index is 12.4. The first-order chi connectivity index (χ1) is 14.2. The molecule has 1 aliphatic rings. The molecule has 0 saturated carbocycles. The molecule has 0 spiro atoms. The molecule has 0 N–H and O–H groups in total. The fourth-order valence-corrected chi connectivity index (χ4v) is 2.93. The van der Waals surface area contributed by atoms with Crippen molar-refractivity contribution in [1.82, 2.24) is 4.90 Å². The molecule has 0 unspecified atom stereocenters. The third-order valence-electron chi connectivity index (χ3n) is 4.50. The van der Waals surface area contributed by atoms with Crippen LogP contribution in [0.2, 0.25) is 0 Å². The summed E-state index contributed by atoms with van der Waals surface area (Å²) in [4.78, 5) is 26.3. The molecule has 3 rings (SSSR count). The molecule has 2 aromatic rings. The molecular weight excluding hydrogens is 370 g/mol. The third kappa shape index (κ3) is 5.93. The highest BCUT2D eigenvalue weighted by Gasteiger charge is 2.17. The summed E-state index contributed by atoms with van der Waals surface area (Å²) >= 11 is 0. The molecule has 6 heteroatoms. The van der Waals surface area contributed by atoms with E-state index in [1.807, 2.05) is 31.2 Å². The van der Waals surface area contributed by atoms with Crippen molar-refractivity contribution >= 4 is 17.8 Å². The van der Waals surface area contributed by atoms with E-state index in [2.05, 4.69) is 0 Å². The Morgan fingerprint density at radius 3 is 2.48 bits per heavy atom. The minimum absolute atomic E-state index is 0.0264. The summed E-state index contributed by atoms with van der Waals surface area (Å²) in [5.41, 5.74) is 1.39. The summed E-state index contributed by atoms with van der Waals surface area (Å²) in [6.45, 7) is 4.76. The van der Waals surface area contributed by atoms with E-state index in [1.54, 1.807) is 35.2 Å². The number of benzene rings is 2. The number of nitrogens with zero attached hydrogens (tertiary/aromatic N) is 1. The van der Waals surface area contributed by atoms with Crippen LogP contribution in [0.15, 0.2) is 54.6 Å². The quantitative estimate of drug-likeness (QED) is 0.507. The smallest absolute Gasteiger partial charge is 0.260 e. The lowest BCUT2D eigenvalue weighted by molar-refractivity contribution is -0.137. The first kappa shape index (κ1) is 20.6. The van der Waals surface area contributed by atoms with Crippen LogP contribution in [0.1, 0.15) is 22.8 Å². The lowest BCUT2D eigenvalue weighted by Crippen LogP contribution is -2.42. The first-order valence-electron chi connectivity index (χ1n) is 9.70. The van der Waals surface area contributed by atoms with Crippen LogP contribution >= 0.6 is 0 Å². The van der Waals surface area contributed by atoms with Crippen LogP contribution in [-0.4, -0.2) is 56.1 Å². The van der Waals surface area contributed by atoms with Crippen molar-refractivity contribution < 1.29 is 23.8 Å². The molecule has 1 amide bonds. The van der Waals surface area contributed by atoms with E-state index in [9.17, 15) is 9.59 Å². The maximum absolute atomic E-state index is 12.4. The summed E-state index contributed by atoms with van der Waals surface area (Å²) in [6.07, 6.45) is 3.27. The van der Waals surface area contributed by atoms with Crippen molar-refractivity contribution in [3.63, 3.8) is 0 Å². The third-order valence-corrected chi connectivity index (χ3v) is 4.50. The zero-order valence-corrected chi connectivity index (χ0v) is 16.5. The van der Waals surface area contributed by atoms with E-state index in [1.165, 1.54) is 6.08 Å². The molecule has 1 heterocycles. The molecule has 29 heavy (non-hydrogen) atoms. The standard InChI is InChI=1S/C23H25NO5/c1-2-28-22-6-4-3-5-19(22)9-12-21(25)18-7-10-20(11-8-18)29-17-23(26)24-13-15-27-16-14-24/h3-12H,2,13-17H2,1H3/b12-9+. The number of ketones is 1. The highest BCUT2D eigenvalue weighted by molar-refractivity contribution is 6.07. The largest absolute Gasteiger partial charge is 0.493 e. The number of para-hydroxylation sites is 1. The second kappa shape index (κ2) is 10.4. The molecule has 0 bridgehead atoms. The minimum atomic E-state index is -0.118. The monoisotopic (exact) mass is 395 g/mol. The maximum Gasteiger partial charge on any atom is 0.260 e. The van der Waals surface area contributed by atoms with Gasteiger partial charge in [0, 0.05) is 24.2 Å². The normalized spacial score (nSPS) is 14.0. The van der Waals surface area contributed by atoms with Gasteiger partial charge in [0.05, 0.1) is 19.8 Å². The van der Waals surface area contributed by atoms with Gasteiger partial charge >= 0.3 is 0 Å². The Morgan fingerprint density at radius 1 is 1.03 bits per heavy atom. The minimum Gasteiger partial charge on any atom is -0.493 e. The van der Waals surface area contributed by atoms with Crippen LogP contribution in [-0.2, 0) is 9.53 Å². The molecule has 1 fully saturated rings. The van der Waals surface area contributed by atoms with Gasteiger partial charge in [0.1, 0.15) is 11.5 Å². The highest BCUT2D eigenvalue weighted by atomic mass is 16.5. The van der Waals surface area contributed by atoms with Gasteiger partial charge in [-0.3, -0.25) is 9.59 Å². The van der Waals surface area contributed by atoms with E-state index in [-0.39, 0.29) is 18.3 Å². The topological polar surface area (TPSA) is 65.1 Å². The fourth-order valence-electron chi connectivity index (χ4n) is 2.93. The predicted molar refractivity (Wildman–Crippen MR) is 110 cm³/mol. The average Bonchev–Trinajstić information content (AvgIpc) is 2.78. The Hall–Kier alpha value is -3.12. The van der Waals surface area contributed by atoms with Gasteiger partial charge in [0.15, 0.2) is 12.4 Å². The van der Waals surface area contributed by atoms with Crippen molar-refractivity contribution in [2.75, 3.05) is 39.5 Å². The number of carbonyl (C=O) groups is 2. The summed E-state index contributed by atoms with van der Waals surface area (Å²) in [6, 6.07) is 14.3. The van der Waals surface area contributed by atoms with E-state index in [0.29, 0.717) is 44.2 Å². The lowest BCUT2D eigenvalue weighted by atomic mass is 10.1. The van der Waals surface area contributed by atoms with Crippen LogP contribution in [0, 0.1) is 0 Å². The van der Waals surface area contributed by atoms with Gasteiger partial charge in [0.25, 0.3) is 5.91 Å². The van der Waals surface area contributed by atoms with Crippen LogP contribution in [0.4, 0.5) is 0 Å². The number of carbonyl (C=O) groups excluding carboxylic acids is 2. The Bertz CT molecular complexity index is 854. The van der Waals surface area contributed by atoms with Crippen molar-refractivity contribution in [2.45, 2.75) is 6.92 Å². The average molecular weight is 395 g/mol. The number of morpholine rings is 1. The summed E-state index contributed by atoms with van der Waals surface area (Å²) < 4.78 is 16.3. The van der Waals surface area contributed by atoms with E-state index in [4.69, 9.17) is 14.2 Å². The number of allylic oxidation sites excluding steroid dienone is 1. The number of amides is 1. The van der Waals surface area contributed by atoms with E-state index < -0.39 is 0 Å². The molecule has 0 aromatic heterocycles. The van der Waals surface area contributed by atoms with Gasteiger partial charge in [-0.25, -0.2) is 0 Å². The number of hydrogen-bond donors (Lipinski definition) is 0. The van der Waals surface area contributed by atoms with Gasteiger partial charge < -0.3 is 19.1 Å². The zero-order chi connectivity index (χ0) is 20.5. The Balaban J connectivity index is 1.55. The lowest BCUT2D eigenvalue weighted by Gasteiger charge is -2.26. The van der Waals surface area contributed by atoms with Crippen LogP contribution < -0.4 is 9.47 Å².